The third-order valence-electron chi connectivity index (χ3n) is 3.87. The molecule has 1 aromatic carbocycles. The highest BCUT2D eigenvalue weighted by Crippen LogP contribution is 2.19. The molecule has 1 fully saturated rings. The van der Waals surface area contributed by atoms with Crippen LogP contribution in [0.1, 0.15) is 18.4 Å². The number of nitrogens with zero attached hydrogens (tertiary/aromatic N) is 1. The molecule has 1 aromatic rings. The maximum Gasteiger partial charge on any atom is 0.232 e. The lowest BCUT2D eigenvalue weighted by molar-refractivity contribution is -0.129. The Labute approximate surface area is 136 Å². The van der Waals surface area contributed by atoms with Crippen molar-refractivity contribution in [3.63, 3.8) is 0 Å². The zero-order valence-electron chi connectivity index (χ0n) is 12.5. The highest BCUT2D eigenvalue weighted by atomic mass is 35.5. The molecule has 0 saturated carbocycles. The minimum Gasteiger partial charge on any atom is -0.342 e. The summed E-state index contributed by atoms with van der Waals surface area (Å²) < 4.78 is 0. The molecular formula is C16H23ClN2OS. The lowest BCUT2D eigenvalue weighted by Gasteiger charge is -2.31. The van der Waals surface area contributed by atoms with Crippen molar-refractivity contribution in [1.29, 1.82) is 0 Å². The summed E-state index contributed by atoms with van der Waals surface area (Å²) in [7, 11) is 1.99. The van der Waals surface area contributed by atoms with E-state index in [4.69, 9.17) is 11.6 Å². The monoisotopic (exact) mass is 326 g/mol. The average Bonchev–Trinajstić information content (AvgIpc) is 2.50. The van der Waals surface area contributed by atoms with Gasteiger partial charge in [0.05, 0.1) is 5.75 Å². The second-order valence-electron chi connectivity index (χ2n) is 5.50. The second-order valence-corrected chi connectivity index (χ2v) is 6.92. The molecule has 0 radical (unpaired) electrons. The molecular weight excluding hydrogens is 304 g/mol. The van der Waals surface area contributed by atoms with Crippen molar-refractivity contribution in [2.45, 2.75) is 18.6 Å². The van der Waals surface area contributed by atoms with E-state index >= 15 is 0 Å². The van der Waals surface area contributed by atoms with Crippen molar-refractivity contribution < 1.29 is 4.79 Å². The first-order valence-corrected chi connectivity index (χ1v) is 8.97. The quantitative estimate of drug-likeness (QED) is 0.872. The Morgan fingerprint density at radius 1 is 1.33 bits per heavy atom. The SMILES string of the molecule is CNCC1CCN(C(=O)CSCc2ccc(Cl)cc2)CC1. The highest BCUT2D eigenvalue weighted by Gasteiger charge is 2.21. The molecule has 1 aliphatic heterocycles. The standard InChI is InChI=1S/C16H23ClN2OS/c1-18-10-13-6-8-19(9-7-13)16(20)12-21-11-14-2-4-15(17)5-3-14/h2-5,13,18H,6-12H2,1H3. The van der Waals surface area contributed by atoms with Gasteiger partial charge in [-0.3, -0.25) is 4.79 Å². The molecule has 1 saturated heterocycles. The summed E-state index contributed by atoms with van der Waals surface area (Å²) in [5, 5.41) is 3.97. The molecule has 1 aliphatic rings. The van der Waals surface area contributed by atoms with Crippen LogP contribution in [0.2, 0.25) is 5.02 Å². The predicted octanol–water partition coefficient (Wildman–Crippen LogP) is 3.03. The number of carbonyl (C=O) groups is 1. The van der Waals surface area contributed by atoms with E-state index in [-0.39, 0.29) is 5.91 Å². The fraction of sp³-hybridized carbons (Fsp3) is 0.562. The Morgan fingerprint density at radius 3 is 2.62 bits per heavy atom. The lowest BCUT2D eigenvalue weighted by Crippen LogP contribution is -2.41. The molecule has 2 rings (SSSR count). The van der Waals surface area contributed by atoms with Crippen LogP contribution < -0.4 is 5.32 Å². The van der Waals surface area contributed by atoms with Crippen molar-refractivity contribution in [2.24, 2.45) is 5.92 Å². The van der Waals surface area contributed by atoms with Crippen LogP contribution in [0.15, 0.2) is 24.3 Å². The minimum atomic E-state index is 0.275. The first-order valence-electron chi connectivity index (χ1n) is 7.43. The zero-order valence-corrected chi connectivity index (χ0v) is 14.1. The molecule has 0 unspecified atom stereocenters. The van der Waals surface area contributed by atoms with Crippen LogP contribution in [-0.4, -0.2) is 43.2 Å². The van der Waals surface area contributed by atoms with Gasteiger partial charge in [-0.1, -0.05) is 23.7 Å². The first-order chi connectivity index (χ1) is 10.2. The van der Waals surface area contributed by atoms with Gasteiger partial charge in [0.15, 0.2) is 0 Å². The number of thioether (sulfide) groups is 1. The maximum atomic E-state index is 12.2. The number of piperidine rings is 1. The summed E-state index contributed by atoms with van der Waals surface area (Å²) in [6, 6.07) is 7.82. The summed E-state index contributed by atoms with van der Waals surface area (Å²) >= 11 is 7.54. The number of nitrogens with one attached hydrogen (secondary N) is 1. The van der Waals surface area contributed by atoms with E-state index in [0.29, 0.717) is 5.75 Å². The fourth-order valence-corrected chi connectivity index (χ4v) is 3.62. The van der Waals surface area contributed by atoms with E-state index in [1.54, 1.807) is 11.8 Å². The van der Waals surface area contributed by atoms with Crippen molar-refractivity contribution in [3.05, 3.63) is 34.9 Å². The molecule has 0 bridgehead atoms. The smallest absolute Gasteiger partial charge is 0.232 e. The molecule has 1 heterocycles. The summed E-state index contributed by atoms with van der Waals surface area (Å²) in [5.41, 5.74) is 1.21. The van der Waals surface area contributed by atoms with Gasteiger partial charge in [0.2, 0.25) is 5.91 Å². The molecule has 0 atom stereocenters. The van der Waals surface area contributed by atoms with Gasteiger partial charge in [0.1, 0.15) is 0 Å². The van der Waals surface area contributed by atoms with Gasteiger partial charge in [0, 0.05) is 23.9 Å². The van der Waals surface area contributed by atoms with E-state index in [0.717, 1.165) is 49.2 Å². The Balaban J connectivity index is 1.67. The highest BCUT2D eigenvalue weighted by molar-refractivity contribution is 7.99. The second kappa shape index (κ2) is 8.66. The predicted molar refractivity (Wildman–Crippen MR) is 90.8 cm³/mol. The molecule has 0 spiro atoms. The van der Waals surface area contributed by atoms with E-state index in [1.165, 1.54) is 5.56 Å². The number of likely N-dealkylation sites (tertiary alicyclic amines) is 1. The summed E-state index contributed by atoms with van der Waals surface area (Å²) in [5.74, 6) is 2.43. The van der Waals surface area contributed by atoms with Gasteiger partial charge < -0.3 is 10.2 Å². The van der Waals surface area contributed by atoms with Crippen molar-refractivity contribution >= 4 is 29.3 Å². The van der Waals surface area contributed by atoms with E-state index in [9.17, 15) is 4.79 Å². The fourth-order valence-electron chi connectivity index (χ4n) is 2.60. The van der Waals surface area contributed by atoms with Crippen molar-refractivity contribution in [2.75, 3.05) is 32.4 Å². The normalized spacial score (nSPS) is 16.2. The van der Waals surface area contributed by atoms with E-state index < -0.39 is 0 Å². The van der Waals surface area contributed by atoms with E-state index in [1.807, 2.05) is 36.2 Å². The average molecular weight is 327 g/mol. The number of benzene rings is 1. The summed E-state index contributed by atoms with van der Waals surface area (Å²) in [6.07, 6.45) is 2.24. The van der Waals surface area contributed by atoms with Crippen LogP contribution in [0.3, 0.4) is 0 Å². The molecule has 0 aromatic heterocycles. The van der Waals surface area contributed by atoms with Crippen molar-refractivity contribution in [1.82, 2.24) is 10.2 Å². The number of carbonyl (C=O) groups excluding carboxylic acids is 1. The summed E-state index contributed by atoms with van der Waals surface area (Å²) in [6.45, 7) is 2.88. The van der Waals surface area contributed by atoms with Crippen LogP contribution in [0.25, 0.3) is 0 Å². The van der Waals surface area contributed by atoms with Crippen LogP contribution in [0.5, 0.6) is 0 Å². The zero-order chi connectivity index (χ0) is 15.1. The molecule has 3 nitrogen and oxygen atoms in total. The maximum absolute atomic E-state index is 12.2. The third-order valence-corrected chi connectivity index (χ3v) is 5.11. The molecule has 0 aliphatic carbocycles. The van der Waals surface area contributed by atoms with Gasteiger partial charge in [0.25, 0.3) is 0 Å². The van der Waals surface area contributed by atoms with Gasteiger partial charge in [-0.2, -0.15) is 0 Å². The lowest BCUT2D eigenvalue weighted by atomic mass is 9.97. The number of amides is 1. The molecule has 5 heteroatoms. The first kappa shape index (κ1) is 16.7. The van der Waals surface area contributed by atoms with Crippen LogP contribution in [-0.2, 0) is 10.5 Å². The Hall–Kier alpha value is -0.710. The Morgan fingerprint density at radius 2 is 2.00 bits per heavy atom. The number of rotatable bonds is 6. The number of hydrogen-bond acceptors (Lipinski definition) is 3. The number of halogens is 1. The molecule has 21 heavy (non-hydrogen) atoms. The molecule has 1 N–H and O–H groups in total. The van der Waals surface area contributed by atoms with Gasteiger partial charge in [-0.05, 0) is 50.0 Å². The topological polar surface area (TPSA) is 32.3 Å². The summed E-state index contributed by atoms with van der Waals surface area (Å²) in [4.78, 5) is 14.2. The largest absolute Gasteiger partial charge is 0.342 e. The Kier molecular flexibility index (Phi) is 6.87. The van der Waals surface area contributed by atoms with Crippen LogP contribution in [0, 0.1) is 5.92 Å². The van der Waals surface area contributed by atoms with Gasteiger partial charge in [-0.15, -0.1) is 11.8 Å². The van der Waals surface area contributed by atoms with Crippen LogP contribution in [0.4, 0.5) is 0 Å². The third kappa shape index (κ3) is 5.53. The molecule has 1 amide bonds. The van der Waals surface area contributed by atoms with Gasteiger partial charge in [-0.25, -0.2) is 0 Å². The van der Waals surface area contributed by atoms with Crippen LogP contribution >= 0.6 is 23.4 Å². The molecule has 116 valence electrons. The van der Waals surface area contributed by atoms with Gasteiger partial charge >= 0.3 is 0 Å². The van der Waals surface area contributed by atoms with Crippen molar-refractivity contribution in [3.8, 4) is 0 Å². The van der Waals surface area contributed by atoms with E-state index in [2.05, 4.69) is 5.32 Å². The number of hydrogen-bond donors (Lipinski definition) is 1. The minimum absolute atomic E-state index is 0.275. The Bertz CT molecular complexity index is 444.